The Morgan fingerprint density at radius 2 is 1.90 bits per heavy atom. The first-order valence-electron chi connectivity index (χ1n) is 9.35. The number of aryl methyl sites for hydroxylation is 1. The van der Waals surface area contributed by atoms with Crippen LogP contribution in [0.15, 0.2) is 47.3 Å². The predicted octanol–water partition coefficient (Wildman–Crippen LogP) is 3.41. The number of halogens is 1. The number of carbonyl (C=O) groups excluding carboxylic acids is 1. The summed E-state index contributed by atoms with van der Waals surface area (Å²) in [6, 6.07) is 10.4. The van der Waals surface area contributed by atoms with Gasteiger partial charge in [-0.05, 0) is 55.8 Å². The van der Waals surface area contributed by atoms with Crippen molar-refractivity contribution < 1.29 is 17.6 Å². The third kappa shape index (κ3) is 5.06. The van der Waals surface area contributed by atoms with E-state index in [4.69, 9.17) is 0 Å². The van der Waals surface area contributed by atoms with E-state index >= 15 is 0 Å². The predicted molar refractivity (Wildman–Crippen MR) is 118 cm³/mol. The standard InChI is InChI=1S/C20H22FN3O4S2/c1-3-23-17-11-8-15(13-18(17)29-20(23)26)22-19(25)5-4-12-24(30(2,27)28)16-9-6-14(21)7-10-16/h6-11,13H,3-5,12H2,1-2H3,(H,22,25). The van der Waals surface area contributed by atoms with Gasteiger partial charge in [-0.15, -0.1) is 0 Å². The summed E-state index contributed by atoms with van der Waals surface area (Å²) in [5.41, 5.74) is 1.75. The second kappa shape index (κ2) is 8.97. The van der Waals surface area contributed by atoms with Crippen LogP contribution >= 0.6 is 11.3 Å². The van der Waals surface area contributed by atoms with Gasteiger partial charge in [-0.3, -0.25) is 18.5 Å². The number of anilines is 2. The summed E-state index contributed by atoms with van der Waals surface area (Å²) < 4.78 is 40.9. The fourth-order valence-corrected chi connectivity index (χ4v) is 5.10. The minimum atomic E-state index is -3.57. The fourth-order valence-electron chi connectivity index (χ4n) is 3.14. The largest absolute Gasteiger partial charge is 0.326 e. The summed E-state index contributed by atoms with van der Waals surface area (Å²) in [7, 11) is -3.57. The first-order chi connectivity index (χ1) is 14.2. The Balaban J connectivity index is 1.62. The van der Waals surface area contributed by atoms with Crippen LogP contribution in [0.25, 0.3) is 10.2 Å². The number of fused-ring (bicyclic) bond motifs is 1. The Hall–Kier alpha value is -2.72. The van der Waals surface area contributed by atoms with E-state index in [1.165, 1.54) is 24.3 Å². The van der Waals surface area contributed by atoms with Gasteiger partial charge >= 0.3 is 4.87 Å². The van der Waals surface area contributed by atoms with Crippen LogP contribution in [0.4, 0.5) is 15.8 Å². The Morgan fingerprint density at radius 1 is 1.20 bits per heavy atom. The van der Waals surface area contributed by atoms with E-state index in [0.29, 0.717) is 17.9 Å². The lowest BCUT2D eigenvalue weighted by Crippen LogP contribution is -2.31. The topological polar surface area (TPSA) is 88.5 Å². The molecule has 3 aromatic rings. The number of rotatable bonds is 8. The highest BCUT2D eigenvalue weighted by atomic mass is 32.2. The van der Waals surface area contributed by atoms with E-state index in [2.05, 4.69) is 5.32 Å². The molecule has 0 unspecified atom stereocenters. The van der Waals surface area contributed by atoms with Crippen LogP contribution in [-0.4, -0.2) is 31.7 Å². The lowest BCUT2D eigenvalue weighted by Gasteiger charge is -2.22. The van der Waals surface area contributed by atoms with Crippen molar-refractivity contribution in [3.63, 3.8) is 0 Å². The molecule has 0 spiro atoms. The van der Waals surface area contributed by atoms with Crippen molar-refractivity contribution in [2.75, 3.05) is 22.4 Å². The maximum Gasteiger partial charge on any atom is 0.308 e. The molecular weight excluding hydrogens is 429 g/mol. The molecule has 0 fully saturated rings. The first kappa shape index (κ1) is 22.0. The second-order valence-corrected chi connectivity index (χ2v) is 9.66. The van der Waals surface area contributed by atoms with Crippen LogP contribution < -0.4 is 14.5 Å². The highest BCUT2D eigenvalue weighted by molar-refractivity contribution is 7.92. The van der Waals surface area contributed by atoms with Crippen LogP contribution in [0, 0.1) is 5.82 Å². The molecule has 0 saturated heterocycles. The van der Waals surface area contributed by atoms with E-state index in [9.17, 15) is 22.4 Å². The zero-order chi connectivity index (χ0) is 21.9. The van der Waals surface area contributed by atoms with Gasteiger partial charge in [0, 0.05) is 25.2 Å². The third-order valence-corrected chi connectivity index (χ3v) is 6.68. The van der Waals surface area contributed by atoms with Gasteiger partial charge in [-0.25, -0.2) is 12.8 Å². The maximum atomic E-state index is 13.1. The average Bonchev–Trinajstić information content (AvgIpc) is 2.99. The van der Waals surface area contributed by atoms with Crippen LogP contribution in [0.3, 0.4) is 0 Å². The molecule has 0 aliphatic carbocycles. The molecule has 0 radical (unpaired) electrons. The van der Waals surface area contributed by atoms with Crippen molar-refractivity contribution in [2.24, 2.45) is 0 Å². The highest BCUT2D eigenvalue weighted by Crippen LogP contribution is 2.22. The number of aromatic nitrogens is 1. The minimum Gasteiger partial charge on any atom is -0.326 e. The average molecular weight is 452 g/mol. The van der Waals surface area contributed by atoms with E-state index in [-0.39, 0.29) is 30.2 Å². The smallest absolute Gasteiger partial charge is 0.308 e. The molecule has 7 nitrogen and oxygen atoms in total. The molecule has 1 amide bonds. The van der Waals surface area contributed by atoms with E-state index in [1.807, 2.05) is 6.92 Å². The van der Waals surface area contributed by atoms with Gasteiger partial charge in [0.1, 0.15) is 5.82 Å². The Labute approximate surface area is 177 Å². The van der Waals surface area contributed by atoms with Crippen LogP contribution in [0.5, 0.6) is 0 Å². The second-order valence-electron chi connectivity index (χ2n) is 6.76. The number of sulfonamides is 1. The summed E-state index contributed by atoms with van der Waals surface area (Å²) in [4.78, 5) is 24.2. The zero-order valence-electron chi connectivity index (χ0n) is 16.6. The molecule has 30 heavy (non-hydrogen) atoms. The molecule has 0 aliphatic rings. The van der Waals surface area contributed by atoms with Gasteiger partial charge in [0.2, 0.25) is 15.9 Å². The molecule has 10 heteroatoms. The van der Waals surface area contributed by atoms with Gasteiger partial charge in [0.15, 0.2) is 0 Å². The summed E-state index contributed by atoms with van der Waals surface area (Å²) in [5, 5.41) is 2.78. The van der Waals surface area contributed by atoms with Crippen molar-refractivity contribution in [1.82, 2.24) is 4.57 Å². The molecule has 3 rings (SSSR count). The Kier molecular flexibility index (Phi) is 6.57. The molecular formula is C20H22FN3O4S2. The maximum absolute atomic E-state index is 13.1. The van der Waals surface area contributed by atoms with Crippen LogP contribution in [-0.2, 0) is 21.4 Å². The molecule has 0 saturated carbocycles. The van der Waals surface area contributed by atoms with Crippen molar-refractivity contribution >= 4 is 48.9 Å². The summed E-state index contributed by atoms with van der Waals surface area (Å²) in [6.45, 7) is 2.57. The molecule has 1 heterocycles. The Bertz CT molecular complexity index is 1220. The number of hydrogen-bond acceptors (Lipinski definition) is 5. The van der Waals surface area contributed by atoms with Gasteiger partial charge in [-0.2, -0.15) is 0 Å². The Morgan fingerprint density at radius 3 is 2.53 bits per heavy atom. The monoisotopic (exact) mass is 451 g/mol. The number of amides is 1. The third-order valence-electron chi connectivity index (χ3n) is 4.55. The molecule has 2 aromatic carbocycles. The fraction of sp³-hybridized carbons (Fsp3) is 0.300. The number of hydrogen-bond donors (Lipinski definition) is 1. The quantitative estimate of drug-likeness (QED) is 0.569. The molecule has 1 N–H and O–H groups in total. The van der Waals surface area contributed by atoms with Gasteiger partial charge in [-0.1, -0.05) is 11.3 Å². The molecule has 160 valence electrons. The first-order valence-corrected chi connectivity index (χ1v) is 12.0. The zero-order valence-corrected chi connectivity index (χ0v) is 18.2. The summed E-state index contributed by atoms with van der Waals surface area (Å²) in [6.07, 6.45) is 1.47. The van der Waals surface area contributed by atoms with Crippen LogP contribution in [0.2, 0.25) is 0 Å². The SMILES string of the molecule is CCn1c(=O)sc2cc(NC(=O)CCCN(c3ccc(F)cc3)S(C)(=O)=O)ccc21. The molecule has 0 aliphatic heterocycles. The number of benzene rings is 2. The highest BCUT2D eigenvalue weighted by Gasteiger charge is 2.18. The number of nitrogens with one attached hydrogen (secondary N) is 1. The van der Waals surface area contributed by atoms with Crippen LogP contribution in [0.1, 0.15) is 19.8 Å². The number of carbonyl (C=O) groups is 1. The van der Waals surface area contributed by atoms with Crippen molar-refractivity contribution in [2.45, 2.75) is 26.3 Å². The van der Waals surface area contributed by atoms with Gasteiger partial charge in [0.25, 0.3) is 0 Å². The van der Waals surface area contributed by atoms with Gasteiger partial charge < -0.3 is 5.32 Å². The molecule has 1 aromatic heterocycles. The normalized spacial score (nSPS) is 11.6. The molecule has 0 bridgehead atoms. The number of thiazole rings is 1. The number of nitrogens with zero attached hydrogens (tertiary/aromatic N) is 2. The van der Waals surface area contributed by atoms with Crippen molar-refractivity contribution in [3.05, 3.63) is 57.9 Å². The van der Waals surface area contributed by atoms with E-state index in [0.717, 1.165) is 32.1 Å². The molecule has 0 atom stereocenters. The summed E-state index contributed by atoms with van der Waals surface area (Å²) >= 11 is 1.12. The summed E-state index contributed by atoms with van der Waals surface area (Å²) in [5.74, 6) is -0.716. The van der Waals surface area contributed by atoms with E-state index < -0.39 is 15.8 Å². The minimum absolute atomic E-state index is 0.0439. The van der Waals surface area contributed by atoms with Crippen molar-refractivity contribution in [3.8, 4) is 0 Å². The van der Waals surface area contributed by atoms with E-state index in [1.54, 1.807) is 22.8 Å². The lowest BCUT2D eigenvalue weighted by atomic mass is 10.2. The van der Waals surface area contributed by atoms with Crippen molar-refractivity contribution in [1.29, 1.82) is 0 Å². The lowest BCUT2D eigenvalue weighted by molar-refractivity contribution is -0.116. The van der Waals surface area contributed by atoms with Gasteiger partial charge in [0.05, 0.1) is 22.2 Å².